The molecule has 4 rings (SSSR count). The molecular weight excluding hydrogens is 350 g/mol. The van der Waals surface area contributed by atoms with Crippen molar-refractivity contribution in [2.75, 3.05) is 24.5 Å². The molecule has 1 aliphatic carbocycles. The Bertz CT molecular complexity index is 793. The molecular formula is C23H31N3O2. The number of allylic oxidation sites excluding steroid dienone is 2. The van der Waals surface area contributed by atoms with Crippen LogP contribution in [0.3, 0.4) is 0 Å². The van der Waals surface area contributed by atoms with Crippen LogP contribution in [-0.2, 0) is 9.59 Å². The Labute approximate surface area is 167 Å². The number of hydrogen-bond donors (Lipinski definition) is 2. The van der Waals surface area contributed by atoms with Crippen LogP contribution in [0.25, 0.3) is 5.57 Å². The molecule has 2 fully saturated rings. The second kappa shape index (κ2) is 8.08. The Balaban J connectivity index is 1.55. The predicted molar refractivity (Wildman–Crippen MR) is 112 cm³/mol. The Morgan fingerprint density at radius 1 is 1.14 bits per heavy atom. The summed E-state index contributed by atoms with van der Waals surface area (Å²) in [6, 6.07) is 6.75. The van der Waals surface area contributed by atoms with Crippen LogP contribution in [0.5, 0.6) is 0 Å². The number of nitrogens with zero attached hydrogens (tertiary/aromatic N) is 1. The molecule has 28 heavy (non-hydrogen) atoms. The average molecular weight is 382 g/mol. The zero-order chi connectivity index (χ0) is 19.7. The number of nitrogens with two attached hydrogens (primary N) is 1. The Morgan fingerprint density at radius 3 is 2.64 bits per heavy atom. The van der Waals surface area contributed by atoms with Crippen molar-refractivity contribution in [2.24, 2.45) is 17.6 Å². The van der Waals surface area contributed by atoms with Gasteiger partial charge in [-0.2, -0.15) is 0 Å². The van der Waals surface area contributed by atoms with Gasteiger partial charge >= 0.3 is 0 Å². The van der Waals surface area contributed by atoms with Crippen LogP contribution in [0.1, 0.15) is 62.5 Å². The first kappa shape index (κ1) is 19.2. The molecule has 1 aromatic carbocycles. The van der Waals surface area contributed by atoms with Crippen LogP contribution in [0.4, 0.5) is 5.69 Å². The van der Waals surface area contributed by atoms with E-state index in [2.05, 4.69) is 41.4 Å². The Morgan fingerprint density at radius 2 is 1.93 bits per heavy atom. The summed E-state index contributed by atoms with van der Waals surface area (Å²) >= 11 is 0. The molecule has 2 amide bonds. The molecule has 2 saturated heterocycles. The summed E-state index contributed by atoms with van der Waals surface area (Å²) in [6.07, 6.45) is 7.78. The van der Waals surface area contributed by atoms with E-state index < -0.39 is 0 Å². The van der Waals surface area contributed by atoms with E-state index in [9.17, 15) is 9.59 Å². The maximum absolute atomic E-state index is 12.4. The van der Waals surface area contributed by atoms with Crippen molar-refractivity contribution in [3.63, 3.8) is 0 Å². The summed E-state index contributed by atoms with van der Waals surface area (Å²) in [5.74, 6) is 0.566. The lowest BCUT2D eigenvalue weighted by molar-refractivity contribution is -0.136. The first-order chi connectivity index (χ1) is 13.6. The third-order valence-corrected chi connectivity index (χ3v) is 6.86. The van der Waals surface area contributed by atoms with Gasteiger partial charge in [-0.05, 0) is 86.2 Å². The van der Waals surface area contributed by atoms with Gasteiger partial charge in [-0.15, -0.1) is 0 Å². The van der Waals surface area contributed by atoms with Crippen LogP contribution in [0.2, 0.25) is 0 Å². The van der Waals surface area contributed by atoms with E-state index in [-0.39, 0.29) is 23.7 Å². The molecule has 0 radical (unpaired) electrons. The molecule has 3 aliphatic rings. The number of piperidine rings is 2. The Kier molecular flexibility index (Phi) is 5.54. The van der Waals surface area contributed by atoms with Gasteiger partial charge in [0.05, 0.1) is 0 Å². The van der Waals surface area contributed by atoms with Crippen LogP contribution in [-0.4, -0.2) is 31.4 Å². The van der Waals surface area contributed by atoms with Gasteiger partial charge in [-0.3, -0.25) is 14.9 Å². The van der Waals surface area contributed by atoms with E-state index in [1.165, 1.54) is 35.2 Å². The molecule has 2 atom stereocenters. The highest BCUT2D eigenvalue weighted by Crippen LogP contribution is 2.42. The van der Waals surface area contributed by atoms with E-state index in [1.807, 2.05) is 0 Å². The maximum Gasteiger partial charge on any atom is 0.230 e. The van der Waals surface area contributed by atoms with Crippen LogP contribution >= 0.6 is 0 Å². The molecule has 0 spiro atoms. The summed E-state index contributed by atoms with van der Waals surface area (Å²) < 4.78 is 0. The number of rotatable bonds is 4. The highest BCUT2D eigenvalue weighted by molar-refractivity contribution is 5.99. The number of hydrogen-bond acceptors (Lipinski definition) is 4. The lowest BCUT2D eigenvalue weighted by Gasteiger charge is -2.36. The second-order valence-corrected chi connectivity index (χ2v) is 8.57. The minimum absolute atomic E-state index is 0.105. The SMILES string of the molecule is CC1=CCC(C2CCC(=O)NC2=O)c2ccc(N3CCC(CCN)CC3)cc21. The third kappa shape index (κ3) is 3.72. The van der Waals surface area contributed by atoms with Gasteiger partial charge < -0.3 is 10.6 Å². The van der Waals surface area contributed by atoms with Gasteiger partial charge in [-0.25, -0.2) is 0 Å². The standard InChI is InChI=1S/C23H31N3O2/c1-15-2-4-18(20-6-7-22(27)25-23(20)28)19-5-3-17(14-21(15)19)26-12-9-16(8-11-24)10-13-26/h2-3,5,14,16,18,20H,4,6-13,24H2,1H3,(H,25,27,28). The van der Waals surface area contributed by atoms with E-state index in [0.29, 0.717) is 12.8 Å². The topological polar surface area (TPSA) is 75.4 Å². The van der Waals surface area contributed by atoms with Crippen LogP contribution < -0.4 is 16.0 Å². The highest BCUT2D eigenvalue weighted by atomic mass is 16.2. The first-order valence-corrected chi connectivity index (χ1v) is 10.7. The number of benzene rings is 1. The number of carbonyl (C=O) groups is 2. The number of carbonyl (C=O) groups excluding carboxylic acids is 2. The fourth-order valence-electron chi connectivity index (χ4n) is 5.14. The van der Waals surface area contributed by atoms with E-state index in [4.69, 9.17) is 5.73 Å². The minimum Gasteiger partial charge on any atom is -0.371 e. The number of amides is 2. The van der Waals surface area contributed by atoms with E-state index in [0.717, 1.165) is 38.4 Å². The number of anilines is 1. The van der Waals surface area contributed by atoms with Gasteiger partial charge in [0.2, 0.25) is 11.8 Å². The molecule has 2 aliphatic heterocycles. The fraction of sp³-hybridized carbons (Fsp3) is 0.565. The van der Waals surface area contributed by atoms with Gasteiger partial charge in [-0.1, -0.05) is 12.1 Å². The quantitative estimate of drug-likeness (QED) is 0.786. The molecule has 0 aromatic heterocycles. The molecule has 150 valence electrons. The molecule has 5 heteroatoms. The Hall–Kier alpha value is -2.14. The third-order valence-electron chi connectivity index (χ3n) is 6.86. The summed E-state index contributed by atoms with van der Waals surface area (Å²) in [5.41, 5.74) is 10.8. The van der Waals surface area contributed by atoms with Crippen molar-refractivity contribution in [2.45, 2.75) is 51.4 Å². The molecule has 5 nitrogen and oxygen atoms in total. The van der Waals surface area contributed by atoms with Crippen molar-refractivity contribution in [1.82, 2.24) is 5.32 Å². The average Bonchev–Trinajstić information content (AvgIpc) is 2.70. The van der Waals surface area contributed by atoms with Crippen molar-refractivity contribution in [1.29, 1.82) is 0 Å². The van der Waals surface area contributed by atoms with Crippen molar-refractivity contribution in [3.05, 3.63) is 35.4 Å². The number of fused-ring (bicyclic) bond motifs is 1. The first-order valence-electron chi connectivity index (χ1n) is 10.7. The normalized spacial score (nSPS) is 25.9. The monoisotopic (exact) mass is 381 g/mol. The van der Waals surface area contributed by atoms with Crippen LogP contribution in [0.15, 0.2) is 24.3 Å². The number of imide groups is 1. The molecule has 0 saturated carbocycles. The van der Waals surface area contributed by atoms with Gasteiger partial charge in [0, 0.05) is 31.1 Å². The van der Waals surface area contributed by atoms with Gasteiger partial charge in [0.25, 0.3) is 0 Å². The largest absolute Gasteiger partial charge is 0.371 e. The molecule has 2 unspecified atom stereocenters. The molecule has 3 N–H and O–H groups in total. The second-order valence-electron chi connectivity index (χ2n) is 8.57. The lowest BCUT2D eigenvalue weighted by Crippen LogP contribution is -2.43. The summed E-state index contributed by atoms with van der Waals surface area (Å²) in [7, 11) is 0. The molecule has 0 bridgehead atoms. The number of nitrogens with one attached hydrogen (secondary N) is 1. The predicted octanol–water partition coefficient (Wildman–Crippen LogP) is 3.20. The molecule has 1 aromatic rings. The van der Waals surface area contributed by atoms with Crippen LogP contribution in [0, 0.1) is 11.8 Å². The lowest BCUT2D eigenvalue weighted by atomic mass is 9.73. The van der Waals surface area contributed by atoms with Crippen molar-refractivity contribution >= 4 is 23.1 Å². The smallest absolute Gasteiger partial charge is 0.230 e. The van der Waals surface area contributed by atoms with Crippen molar-refractivity contribution < 1.29 is 9.59 Å². The summed E-state index contributed by atoms with van der Waals surface area (Å²) in [5, 5.41) is 2.53. The maximum atomic E-state index is 12.4. The van der Waals surface area contributed by atoms with E-state index >= 15 is 0 Å². The summed E-state index contributed by atoms with van der Waals surface area (Å²) in [6.45, 7) is 5.12. The highest BCUT2D eigenvalue weighted by Gasteiger charge is 2.36. The fourth-order valence-corrected chi connectivity index (χ4v) is 5.14. The molecule has 2 heterocycles. The van der Waals surface area contributed by atoms with Crippen molar-refractivity contribution in [3.8, 4) is 0 Å². The van der Waals surface area contributed by atoms with E-state index in [1.54, 1.807) is 0 Å². The zero-order valence-corrected chi connectivity index (χ0v) is 16.7. The zero-order valence-electron chi connectivity index (χ0n) is 16.7. The van der Waals surface area contributed by atoms with Gasteiger partial charge in [0.15, 0.2) is 0 Å². The van der Waals surface area contributed by atoms with Gasteiger partial charge in [0.1, 0.15) is 0 Å². The minimum atomic E-state index is -0.141. The summed E-state index contributed by atoms with van der Waals surface area (Å²) in [4.78, 5) is 26.4.